The first-order valence-corrected chi connectivity index (χ1v) is 7.50. The molecule has 0 aromatic heterocycles. The lowest BCUT2D eigenvalue weighted by molar-refractivity contribution is -0.137. The van der Waals surface area contributed by atoms with Crippen molar-refractivity contribution in [3.8, 4) is 0 Å². The van der Waals surface area contributed by atoms with Crippen LogP contribution in [0.15, 0.2) is 24.3 Å². The summed E-state index contributed by atoms with van der Waals surface area (Å²) in [7, 11) is 0. The fourth-order valence-electron chi connectivity index (χ4n) is 2.55. The first-order valence-electron chi connectivity index (χ1n) is 6.38. The van der Waals surface area contributed by atoms with Crippen LogP contribution >= 0.6 is 15.9 Å². The van der Waals surface area contributed by atoms with Gasteiger partial charge in [-0.3, -0.25) is 0 Å². The molecule has 112 valence electrons. The van der Waals surface area contributed by atoms with E-state index in [0.29, 0.717) is 18.4 Å². The summed E-state index contributed by atoms with van der Waals surface area (Å²) >= 11 is 3.35. The van der Waals surface area contributed by atoms with Crippen molar-refractivity contribution in [3.05, 3.63) is 29.8 Å². The van der Waals surface area contributed by atoms with Crippen LogP contribution in [0.25, 0.3) is 0 Å². The zero-order chi connectivity index (χ0) is 15.0. The third-order valence-corrected chi connectivity index (χ3v) is 3.93. The lowest BCUT2D eigenvalue weighted by atomic mass is 10.0. The predicted octanol–water partition coefficient (Wildman–Crippen LogP) is 4.08. The van der Waals surface area contributed by atoms with E-state index < -0.39 is 17.3 Å². The van der Waals surface area contributed by atoms with Gasteiger partial charge < -0.3 is 9.64 Å². The van der Waals surface area contributed by atoms with Gasteiger partial charge in [-0.25, -0.2) is 0 Å². The second kappa shape index (κ2) is 5.56. The SMILES string of the molecule is CC1(C)CN(c2ccccc2C(F)(F)F)CC(CBr)O1. The maximum atomic E-state index is 13.1. The first-order chi connectivity index (χ1) is 9.23. The van der Waals surface area contributed by atoms with E-state index in [1.54, 1.807) is 11.0 Å². The van der Waals surface area contributed by atoms with Crippen molar-refractivity contribution in [2.24, 2.45) is 0 Å². The van der Waals surface area contributed by atoms with Crippen LogP contribution in [-0.4, -0.2) is 30.1 Å². The number of rotatable bonds is 2. The van der Waals surface area contributed by atoms with Crippen LogP contribution in [0.4, 0.5) is 18.9 Å². The molecular formula is C14H17BrF3NO. The molecule has 1 aliphatic heterocycles. The molecule has 1 aliphatic rings. The zero-order valence-electron chi connectivity index (χ0n) is 11.4. The third kappa shape index (κ3) is 3.47. The van der Waals surface area contributed by atoms with Crippen LogP contribution in [0.5, 0.6) is 0 Å². The number of halogens is 4. The van der Waals surface area contributed by atoms with Gasteiger partial charge >= 0.3 is 6.18 Å². The van der Waals surface area contributed by atoms with Gasteiger partial charge in [-0.1, -0.05) is 28.1 Å². The molecule has 0 bridgehead atoms. The molecule has 1 saturated heterocycles. The molecule has 0 amide bonds. The number of hydrogen-bond donors (Lipinski definition) is 0. The summed E-state index contributed by atoms with van der Waals surface area (Å²) in [6.45, 7) is 4.67. The quantitative estimate of drug-likeness (QED) is 0.744. The van der Waals surface area contributed by atoms with E-state index in [1.165, 1.54) is 12.1 Å². The summed E-state index contributed by atoms with van der Waals surface area (Å²) in [4.78, 5) is 1.76. The van der Waals surface area contributed by atoms with Crippen LogP contribution in [-0.2, 0) is 10.9 Å². The Hall–Kier alpha value is -0.750. The van der Waals surface area contributed by atoms with Crippen LogP contribution in [0.3, 0.4) is 0 Å². The summed E-state index contributed by atoms with van der Waals surface area (Å²) < 4.78 is 45.2. The molecule has 20 heavy (non-hydrogen) atoms. The Balaban J connectivity index is 2.36. The number of benzene rings is 1. The highest BCUT2D eigenvalue weighted by molar-refractivity contribution is 9.09. The Morgan fingerprint density at radius 3 is 2.60 bits per heavy atom. The summed E-state index contributed by atoms with van der Waals surface area (Å²) in [6, 6.07) is 5.70. The van der Waals surface area contributed by atoms with E-state index in [9.17, 15) is 13.2 Å². The van der Waals surface area contributed by atoms with Crippen LogP contribution in [0.2, 0.25) is 0 Å². The van der Waals surface area contributed by atoms with E-state index in [-0.39, 0.29) is 11.8 Å². The van der Waals surface area contributed by atoms with Crippen molar-refractivity contribution in [1.29, 1.82) is 0 Å². The van der Waals surface area contributed by atoms with Crippen molar-refractivity contribution in [3.63, 3.8) is 0 Å². The van der Waals surface area contributed by atoms with Gasteiger partial charge in [-0.2, -0.15) is 13.2 Å². The van der Waals surface area contributed by atoms with E-state index in [2.05, 4.69) is 15.9 Å². The Bertz CT molecular complexity index is 476. The molecule has 1 unspecified atom stereocenters. The van der Waals surface area contributed by atoms with Crippen LogP contribution in [0, 0.1) is 0 Å². The highest BCUT2D eigenvalue weighted by Gasteiger charge is 2.38. The molecule has 0 aliphatic carbocycles. The highest BCUT2D eigenvalue weighted by Crippen LogP contribution is 2.38. The zero-order valence-corrected chi connectivity index (χ0v) is 13.0. The van der Waals surface area contributed by atoms with Crippen molar-refractivity contribution < 1.29 is 17.9 Å². The highest BCUT2D eigenvalue weighted by atomic mass is 79.9. The van der Waals surface area contributed by atoms with Gasteiger partial charge in [0.2, 0.25) is 0 Å². The molecule has 6 heteroatoms. The molecule has 1 atom stereocenters. The monoisotopic (exact) mass is 351 g/mol. The molecule has 1 aromatic carbocycles. The van der Waals surface area contributed by atoms with Crippen molar-refractivity contribution >= 4 is 21.6 Å². The lowest BCUT2D eigenvalue weighted by Gasteiger charge is -2.44. The van der Waals surface area contributed by atoms with Gasteiger partial charge in [0.05, 0.1) is 17.3 Å². The molecule has 0 saturated carbocycles. The molecule has 0 radical (unpaired) electrons. The Labute approximate surface area is 125 Å². The lowest BCUT2D eigenvalue weighted by Crippen LogP contribution is -2.53. The number of para-hydroxylation sites is 1. The topological polar surface area (TPSA) is 12.5 Å². The third-order valence-electron chi connectivity index (χ3n) is 3.20. The second-order valence-corrected chi connectivity index (χ2v) is 6.20. The van der Waals surface area contributed by atoms with E-state index in [1.807, 2.05) is 13.8 Å². The largest absolute Gasteiger partial charge is 0.418 e. The molecule has 2 nitrogen and oxygen atoms in total. The van der Waals surface area contributed by atoms with Gasteiger partial charge in [0.25, 0.3) is 0 Å². The molecular weight excluding hydrogens is 335 g/mol. The number of anilines is 1. The van der Waals surface area contributed by atoms with E-state index in [0.717, 1.165) is 6.07 Å². The van der Waals surface area contributed by atoms with Gasteiger partial charge in [0.15, 0.2) is 0 Å². The van der Waals surface area contributed by atoms with Gasteiger partial charge in [-0.15, -0.1) is 0 Å². The van der Waals surface area contributed by atoms with Gasteiger partial charge in [0.1, 0.15) is 0 Å². The summed E-state index contributed by atoms with van der Waals surface area (Å²) in [5.41, 5.74) is -0.844. The fourth-order valence-corrected chi connectivity index (χ4v) is 2.89. The molecule has 1 fully saturated rings. The number of morpholine rings is 1. The minimum Gasteiger partial charge on any atom is -0.368 e. The molecule has 1 aromatic rings. The summed E-state index contributed by atoms with van der Waals surface area (Å²) in [5, 5.41) is 0.598. The minimum absolute atomic E-state index is 0.125. The maximum absolute atomic E-state index is 13.1. The average molecular weight is 352 g/mol. The van der Waals surface area contributed by atoms with Gasteiger partial charge in [0, 0.05) is 24.1 Å². The maximum Gasteiger partial charge on any atom is 0.418 e. The van der Waals surface area contributed by atoms with Gasteiger partial charge in [-0.05, 0) is 26.0 Å². The normalized spacial score (nSPS) is 22.9. The predicted molar refractivity (Wildman–Crippen MR) is 76.4 cm³/mol. The van der Waals surface area contributed by atoms with Crippen molar-refractivity contribution in [1.82, 2.24) is 0 Å². The number of alkyl halides is 4. The van der Waals surface area contributed by atoms with Crippen molar-refractivity contribution in [2.75, 3.05) is 23.3 Å². The standard InChI is InChI=1S/C14H17BrF3NO/c1-13(2)9-19(8-10(7-15)20-13)12-6-4-3-5-11(12)14(16,17)18/h3-6,10H,7-9H2,1-2H3. The first kappa shape index (κ1) is 15.6. The second-order valence-electron chi connectivity index (χ2n) is 5.55. The Morgan fingerprint density at radius 2 is 2.00 bits per heavy atom. The number of hydrogen-bond acceptors (Lipinski definition) is 2. The Morgan fingerprint density at radius 1 is 1.35 bits per heavy atom. The minimum atomic E-state index is -4.34. The Kier molecular flexibility index (Phi) is 4.35. The smallest absolute Gasteiger partial charge is 0.368 e. The fraction of sp³-hybridized carbons (Fsp3) is 0.571. The average Bonchev–Trinajstić information content (AvgIpc) is 2.35. The number of ether oxygens (including phenoxy) is 1. The summed E-state index contributed by atoms with van der Waals surface area (Å²) in [6.07, 6.45) is -4.47. The molecule has 1 heterocycles. The van der Waals surface area contributed by atoms with E-state index >= 15 is 0 Å². The van der Waals surface area contributed by atoms with E-state index in [4.69, 9.17) is 4.74 Å². The van der Waals surface area contributed by atoms with Crippen LogP contribution in [0.1, 0.15) is 19.4 Å². The van der Waals surface area contributed by atoms with Crippen LogP contribution < -0.4 is 4.90 Å². The molecule has 2 rings (SSSR count). The number of nitrogens with zero attached hydrogens (tertiary/aromatic N) is 1. The molecule has 0 spiro atoms. The van der Waals surface area contributed by atoms with Crippen molar-refractivity contribution in [2.45, 2.75) is 31.7 Å². The molecule has 0 N–H and O–H groups in total. The summed E-state index contributed by atoms with van der Waals surface area (Å²) in [5.74, 6) is 0.